The van der Waals surface area contributed by atoms with E-state index in [0.29, 0.717) is 35.2 Å². The monoisotopic (exact) mass is 427 g/mol. The number of carbonyl (C=O) groups excluding carboxylic acids is 2. The zero-order chi connectivity index (χ0) is 22.2. The fourth-order valence-corrected chi connectivity index (χ4v) is 4.08. The number of esters is 1. The van der Waals surface area contributed by atoms with Gasteiger partial charge in [0.2, 0.25) is 5.78 Å². The Bertz CT molecular complexity index is 1260. The van der Waals surface area contributed by atoms with Gasteiger partial charge in [0.25, 0.3) is 0 Å². The van der Waals surface area contributed by atoms with Gasteiger partial charge in [0.1, 0.15) is 23.9 Å². The molecule has 2 aliphatic rings. The number of ether oxygens (including phenoxy) is 3. The Morgan fingerprint density at radius 1 is 1.09 bits per heavy atom. The van der Waals surface area contributed by atoms with Gasteiger partial charge in [-0.25, -0.2) is 0 Å². The van der Waals surface area contributed by atoms with Gasteiger partial charge >= 0.3 is 5.97 Å². The molecular formula is C26H21NO5. The molecular weight excluding hydrogens is 406 g/mol. The standard InChI is InChI=1S/C26H21NO5/c1-15(2)25-24(29)19-8-9-21-23(26(19)32-25)20(12-22(28)31-21)17-6-3-7-18(11-17)30-14-16-5-4-10-27-13-16/h3-11,13,20H,12,14H2,1-2H3/t20-/m1/s1. The Hall–Kier alpha value is -3.93. The van der Waals surface area contributed by atoms with Crippen LogP contribution >= 0.6 is 0 Å². The van der Waals surface area contributed by atoms with Gasteiger partial charge in [-0.3, -0.25) is 14.6 Å². The average molecular weight is 427 g/mol. The Morgan fingerprint density at radius 2 is 1.97 bits per heavy atom. The lowest BCUT2D eigenvalue weighted by Crippen LogP contribution is -2.21. The van der Waals surface area contributed by atoms with Crippen LogP contribution in [0.25, 0.3) is 0 Å². The van der Waals surface area contributed by atoms with Crippen molar-refractivity contribution in [3.63, 3.8) is 0 Å². The number of Topliss-reactive ketones (excluding diaryl/α,β-unsaturated/α-hetero) is 1. The van der Waals surface area contributed by atoms with Gasteiger partial charge < -0.3 is 14.2 Å². The van der Waals surface area contributed by atoms with E-state index in [1.165, 1.54) is 0 Å². The minimum Gasteiger partial charge on any atom is -0.489 e. The van der Waals surface area contributed by atoms with Gasteiger partial charge in [0.15, 0.2) is 5.76 Å². The van der Waals surface area contributed by atoms with Crippen LogP contribution in [0.5, 0.6) is 17.2 Å². The largest absolute Gasteiger partial charge is 0.489 e. The molecule has 2 aliphatic heterocycles. The van der Waals surface area contributed by atoms with E-state index in [2.05, 4.69) is 4.98 Å². The Morgan fingerprint density at radius 3 is 2.75 bits per heavy atom. The third-order valence-electron chi connectivity index (χ3n) is 5.60. The minimum absolute atomic E-state index is 0.146. The van der Waals surface area contributed by atoms with Crippen LogP contribution < -0.4 is 14.2 Å². The Labute approximate surface area is 185 Å². The first-order valence-electron chi connectivity index (χ1n) is 10.4. The summed E-state index contributed by atoms with van der Waals surface area (Å²) >= 11 is 0. The molecule has 3 heterocycles. The molecule has 0 aliphatic carbocycles. The lowest BCUT2D eigenvalue weighted by Gasteiger charge is -2.26. The topological polar surface area (TPSA) is 74.7 Å². The lowest BCUT2D eigenvalue weighted by atomic mass is 9.84. The number of carbonyl (C=O) groups is 2. The molecule has 0 N–H and O–H groups in total. The first-order chi connectivity index (χ1) is 15.5. The molecule has 0 fully saturated rings. The second-order valence-electron chi connectivity index (χ2n) is 8.07. The third-order valence-corrected chi connectivity index (χ3v) is 5.60. The van der Waals surface area contributed by atoms with E-state index < -0.39 is 0 Å². The number of nitrogens with zero attached hydrogens (tertiary/aromatic N) is 1. The van der Waals surface area contributed by atoms with Crippen LogP contribution in [0, 0.1) is 0 Å². The smallest absolute Gasteiger partial charge is 0.312 e. The summed E-state index contributed by atoms with van der Waals surface area (Å²) in [5.74, 6) is 1.13. The molecule has 32 heavy (non-hydrogen) atoms. The zero-order valence-electron chi connectivity index (χ0n) is 17.8. The summed E-state index contributed by atoms with van der Waals surface area (Å²) in [5, 5.41) is 0. The predicted octanol–water partition coefficient (Wildman–Crippen LogP) is 4.97. The Balaban J connectivity index is 1.52. The molecule has 6 heteroatoms. The summed E-state index contributed by atoms with van der Waals surface area (Å²) in [7, 11) is 0. The molecule has 0 saturated heterocycles. The summed E-state index contributed by atoms with van der Waals surface area (Å²) in [6.45, 7) is 4.07. The van der Waals surface area contributed by atoms with Crippen LogP contribution in [0.2, 0.25) is 0 Å². The molecule has 0 amide bonds. The molecule has 0 spiro atoms. The molecule has 2 aromatic carbocycles. The first-order valence-corrected chi connectivity index (χ1v) is 10.4. The number of rotatable bonds is 4. The lowest BCUT2D eigenvalue weighted by molar-refractivity contribution is -0.135. The highest BCUT2D eigenvalue weighted by Gasteiger charge is 2.38. The van der Waals surface area contributed by atoms with Crippen molar-refractivity contribution in [3.8, 4) is 17.2 Å². The number of benzene rings is 2. The zero-order valence-corrected chi connectivity index (χ0v) is 17.8. The highest BCUT2D eigenvalue weighted by atomic mass is 16.5. The van der Waals surface area contributed by atoms with E-state index in [-0.39, 0.29) is 24.1 Å². The maximum absolute atomic E-state index is 12.8. The molecule has 6 nitrogen and oxygen atoms in total. The molecule has 160 valence electrons. The van der Waals surface area contributed by atoms with Crippen molar-refractivity contribution in [3.05, 3.63) is 94.5 Å². The van der Waals surface area contributed by atoms with E-state index in [4.69, 9.17) is 14.2 Å². The Kier molecular flexibility index (Phi) is 4.98. The number of ketones is 1. The molecule has 3 aromatic rings. The third kappa shape index (κ3) is 3.54. The van der Waals surface area contributed by atoms with Crippen molar-refractivity contribution in [1.29, 1.82) is 0 Å². The van der Waals surface area contributed by atoms with Gasteiger partial charge in [-0.05, 0) is 55.3 Å². The van der Waals surface area contributed by atoms with Crippen molar-refractivity contribution >= 4 is 11.8 Å². The van der Waals surface area contributed by atoms with Gasteiger partial charge in [-0.1, -0.05) is 18.2 Å². The molecule has 0 bridgehead atoms. The van der Waals surface area contributed by atoms with Crippen molar-refractivity contribution in [2.45, 2.75) is 32.8 Å². The molecule has 1 atom stereocenters. The van der Waals surface area contributed by atoms with E-state index in [1.54, 1.807) is 24.5 Å². The predicted molar refractivity (Wildman–Crippen MR) is 117 cm³/mol. The SMILES string of the molecule is CC(C)=C1Oc2c(ccc3c2[C@@H](c2cccc(OCc4cccnc4)c2)CC(=O)O3)C1=O. The summed E-state index contributed by atoms with van der Waals surface area (Å²) in [6, 6.07) is 14.8. The van der Waals surface area contributed by atoms with Crippen molar-refractivity contribution in [1.82, 2.24) is 4.98 Å². The van der Waals surface area contributed by atoms with E-state index >= 15 is 0 Å². The fraction of sp³-hybridized carbons (Fsp3) is 0.192. The summed E-state index contributed by atoms with van der Waals surface area (Å²) in [4.78, 5) is 29.3. The van der Waals surface area contributed by atoms with Crippen LogP contribution in [0.1, 0.15) is 53.2 Å². The molecule has 1 aromatic heterocycles. The normalized spacial score (nSPS) is 16.7. The first kappa shape index (κ1) is 20.0. The van der Waals surface area contributed by atoms with Crippen molar-refractivity contribution < 1.29 is 23.8 Å². The van der Waals surface area contributed by atoms with Crippen LogP contribution in [-0.2, 0) is 11.4 Å². The number of pyridine rings is 1. The molecule has 0 unspecified atom stereocenters. The number of hydrogen-bond acceptors (Lipinski definition) is 6. The van der Waals surface area contributed by atoms with Gasteiger partial charge in [-0.2, -0.15) is 0 Å². The second-order valence-corrected chi connectivity index (χ2v) is 8.07. The van der Waals surface area contributed by atoms with Crippen LogP contribution in [0.15, 0.2) is 72.3 Å². The van der Waals surface area contributed by atoms with Crippen molar-refractivity contribution in [2.75, 3.05) is 0 Å². The minimum atomic E-state index is -0.323. The van der Waals surface area contributed by atoms with Crippen LogP contribution in [0.4, 0.5) is 0 Å². The fourth-order valence-electron chi connectivity index (χ4n) is 4.08. The average Bonchev–Trinajstić information content (AvgIpc) is 3.15. The second kappa shape index (κ2) is 7.96. The highest BCUT2D eigenvalue weighted by molar-refractivity contribution is 6.13. The van der Waals surface area contributed by atoms with Gasteiger partial charge in [0.05, 0.1) is 12.0 Å². The number of hydrogen-bond donors (Lipinski definition) is 0. The van der Waals surface area contributed by atoms with E-state index in [9.17, 15) is 9.59 Å². The van der Waals surface area contributed by atoms with Crippen LogP contribution in [0.3, 0.4) is 0 Å². The van der Waals surface area contributed by atoms with Gasteiger partial charge in [0, 0.05) is 29.4 Å². The van der Waals surface area contributed by atoms with E-state index in [1.807, 2.05) is 50.2 Å². The maximum atomic E-state index is 12.8. The van der Waals surface area contributed by atoms with Crippen molar-refractivity contribution in [2.24, 2.45) is 0 Å². The maximum Gasteiger partial charge on any atom is 0.312 e. The number of aromatic nitrogens is 1. The molecule has 5 rings (SSSR count). The number of fused-ring (bicyclic) bond motifs is 3. The van der Waals surface area contributed by atoms with Crippen LogP contribution in [-0.4, -0.2) is 16.7 Å². The quantitative estimate of drug-likeness (QED) is 0.332. The van der Waals surface area contributed by atoms with E-state index in [0.717, 1.165) is 22.3 Å². The molecule has 0 saturated carbocycles. The summed E-state index contributed by atoms with van der Waals surface area (Å²) < 4.78 is 17.4. The summed E-state index contributed by atoms with van der Waals surface area (Å²) in [6.07, 6.45) is 3.63. The number of allylic oxidation sites excluding steroid dienone is 2. The highest BCUT2D eigenvalue weighted by Crippen LogP contribution is 2.49. The van der Waals surface area contributed by atoms with Gasteiger partial charge in [-0.15, -0.1) is 0 Å². The molecule has 0 radical (unpaired) electrons. The summed E-state index contributed by atoms with van der Waals surface area (Å²) in [5.41, 5.74) is 3.86.